The van der Waals surface area contributed by atoms with Gasteiger partial charge in [-0.25, -0.2) is 9.97 Å². The van der Waals surface area contributed by atoms with Crippen molar-refractivity contribution in [1.29, 1.82) is 0 Å². The van der Waals surface area contributed by atoms with E-state index in [0.29, 0.717) is 54.5 Å². The lowest BCUT2D eigenvalue weighted by atomic mass is 10.1. The second kappa shape index (κ2) is 14.3. The van der Waals surface area contributed by atoms with Crippen LogP contribution in [0.5, 0.6) is 5.75 Å². The first-order valence-corrected chi connectivity index (χ1v) is 12.3. The predicted octanol–water partition coefficient (Wildman–Crippen LogP) is 4.51. The van der Waals surface area contributed by atoms with Crippen molar-refractivity contribution in [3.8, 4) is 5.75 Å². The maximum Gasteiger partial charge on any atom is 0.129 e. The Kier molecular flexibility index (Phi) is 11.2. The molecule has 0 bridgehead atoms. The summed E-state index contributed by atoms with van der Waals surface area (Å²) in [7, 11) is 0. The highest BCUT2D eigenvalue weighted by Crippen LogP contribution is 2.20. The quantitative estimate of drug-likeness (QED) is 0.239. The smallest absolute Gasteiger partial charge is 0.129 e. The maximum absolute atomic E-state index is 10.8. The van der Waals surface area contributed by atoms with Gasteiger partial charge in [-0.2, -0.15) is 0 Å². The van der Waals surface area contributed by atoms with Gasteiger partial charge >= 0.3 is 0 Å². The Hall–Kier alpha value is -2.26. The summed E-state index contributed by atoms with van der Waals surface area (Å²) in [5.74, 6) is 0.787. The number of nitrogens with zero attached hydrogens (tertiary/aromatic N) is 3. The number of hydrogen-bond donors (Lipinski definition) is 2. The van der Waals surface area contributed by atoms with Gasteiger partial charge in [0.2, 0.25) is 0 Å². The van der Waals surface area contributed by atoms with Crippen LogP contribution in [0.4, 0.5) is 0 Å². The van der Waals surface area contributed by atoms with Crippen molar-refractivity contribution in [2.45, 2.75) is 25.6 Å². The summed E-state index contributed by atoms with van der Waals surface area (Å²) in [5.41, 5.74) is 2.07. The summed E-state index contributed by atoms with van der Waals surface area (Å²) in [5, 5.41) is 22.2. The molecule has 0 aliphatic heterocycles. The third kappa shape index (κ3) is 9.37. The molecule has 2 heterocycles. The molecular weight excluding hydrogens is 489 g/mol. The first kappa shape index (κ1) is 27.3. The molecule has 2 unspecified atom stereocenters. The topological polar surface area (TPSA) is 87.9 Å². The van der Waals surface area contributed by atoms with Crippen LogP contribution < -0.4 is 4.74 Å². The molecular formula is C26H31Cl2N3O4. The molecule has 188 valence electrons. The van der Waals surface area contributed by atoms with Crippen LogP contribution in [0.2, 0.25) is 10.3 Å². The van der Waals surface area contributed by atoms with Crippen molar-refractivity contribution in [2.24, 2.45) is 0 Å². The Bertz CT molecular complexity index is 986. The third-order valence-electron chi connectivity index (χ3n) is 5.36. The molecule has 0 fully saturated rings. The number of aliphatic hydroxyl groups excluding tert-OH is 2. The fraction of sp³-hybridized carbons (Fsp3) is 0.385. The monoisotopic (exact) mass is 519 g/mol. The summed E-state index contributed by atoms with van der Waals surface area (Å²) in [6.45, 7) is 4.82. The molecule has 0 aliphatic rings. The van der Waals surface area contributed by atoms with Crippen LogP contribution in [0.15, 0.2) is 60.7 Å². The van der Waals surface area contributed by atoms with Crippen molar-refractivity contribution < 1.29 is 19.7 Å². The second-order valence-corrected chi connectivity index (χ2v) is 8.78. The van der Waals surface area contributed by atoms with Crippen molar-refractivity contribution in [3.63, 3.8) is 0 Å². The molecule has 0 spiro atoms. The normalized spacial score (nSPS) is 13.1. The molecule has 3 aromatic rings. The molecule has 0 amide bonds. The third-order valence-corrected chi connectivity index (χ3v) is 5.78. The van der Waals surface area contributed by atoms with Crippen molar-refractivity contribution in [1.82, 2.24) is 14.9 Å². The SMILES string of the molecule is CCOCCOc1ccc(CCN(CC(O)c2cccc(Cl)n2)CC(O)c2cccc(Cl)n2)cc1. The summed E-state index contributed by atoms with van der Waals surface area (Å²) in [4.78, 5) is 10.4. The maximum atomic E-state index is 10.8. The fourth-order valence-corrected chi connectivity index (χ4v) is 3.90. The zero-order valence-corrected chi connectivity index (χ0v) is 21.2. The molecule has 0 aliphatic carbocycles. The largest absolute Gasteiger partial charge is 0.491 e. The second-order valence-electron chi connectivity index (χ2n) is 8.00. The number of aromatic nitrogens is 2. The Morgan fingerprint density at radius 3 is 1.91 bits per heavy atom. The van der Waals surface area contributed by atoms with Gasteiger partial charge in [-0.3, -0.25) is 4.90 Å². The zero-order valence-electron chi connectivity index (χ0n) is 19.7. The summed E-state index contributed by atoms with van der Waals surface area (Å²) in [6.07, 6.45) is -1.02. The van der Waals surface area contributed by atoms with Crippen LogP contribution >= 0.6 is 23.2 Å². The van der Waals surface area contributed by atoms with Gasteiger partial charge in [-0.1, -0.05) is 47.5 Å². The number of rotatable bonds is 14. The molecule has 3 rings (SSSR count). The lowest BCUT2D eigenvalue weighted by Crippen LogP contribution is -2.35. The minimum absolute atomic E-state index is 0.267. The van der Waals surface area contributed by atoms with Crippen molar-refractivity contribution in [3.05, 3.63) is 87.9 Å². The summed E-state index contributed by atoms with van der Waals surface area (Å²) < 4.78 is 11.0. The average Bonchev–Trinajstić information content (AvgIpc) is 2.86. The van der Waals surface area contributed by atoms with E-state index < -0.39 is 12.2 Å². The van der Waals surface area contributed by atoms with E-state index in [2.05, 4.69) is 9.97 Å². The number of ether oxygens (including phenoxy) is 2. The van der Waals surface area contributed by atoms with Gasteiger partial charge in [0, 0.05) is 26.2 Å². The van der Waals surface area contributed by atoms with Crippen LogP contribution in [0.3, 0.4) is 0 Å². The summed E-state index contributed by atoms with van der Waals surface area (Å²) >= 11 is 12.0. The van der Waals surface area contributed by atoms with E-state index in [1.54, 1.807) is 36.4 Å². The molecule has 2 atom stereocenters. The van der Waals surface area contributed by atoms with Gasteiger partial charge in [-0.05, 0) is 55.3 Å². The average molecular weight is 520 g/mol. The lowest BCUT2D eigenvalue weighted by molar-refractivity contribution is 0.0661. The van der Waals surface area contributed by atoms with E-state index in [4.69, 9.17) is 32.7 Å². The van der Waals surface area contributed by atoms with Crippen LogP contribution in [-0.2, 0) is 11.2 Å². The molecule has 0 radical (unpaired) electrons. The van der Waals surface area contributed by atoms with Crippen LogP contribution in [0.25, 0.3) is 0 Å². The van der Waals surface area contributed by atoms with E-state index in [9.17, 15) is 10.2 Å². The van der Waals surface area contributed by atoms with Crippen LogP contribution in [0, 0.1) is 0 Å². The van der Waals surface area contributed by atoms with Gasteiger partial charge in [0.05, 0.1) is 18.0 Å². The zero-order chi connectivity index (χ0) is 25.0. The lowest BCUT2D eigenvalue weighted by Gasteiger charge is -2.27. The standard InChI is InChI=1S/C26H31Cl2N3O4/c1-2-34-15-16-35-20-11-9-19(10-12-20)13-14-31(17-23(32)21-5-3-7-25(27)29-21)18-24(33)22-6-4-8-26(28)30-22/h3-12,23-24,32-33H,2,13-18H2,1H3. The minimum atomic E-state index is -0.866. The van der Waals surface area contributed by atoms with E-state index in [-0.39, 0.29) is 13.1 Å². The Morgan fingerprint density at radius 2 is 1.40 bits per heavy atom. The predicted molar refractivity (Wildman–Crippen MR) is 137 cm³/mol. The van der Waals surface area contributed by atoms with E-state index >= 15 is 0 Å². The molecule has 7 nitrogen and oxygen atoms in total. The number of hydrogen-bond acceptors (Lipinski definition) is 7. The highest BCUT2D eigenvalue weighted by molar-refractivity contribution is 6.29. The van der Waals surface area contributed by atoms with Crippen LogP contribution in [0.1, 0.15) is 36.1 Å². The van der Waals surface area contributed by atoms with E-state index in [0.717, 1.165) is 11.3 Å². The molecule has 2 aromatic heterocycles. The molecule has 0 saturated carbocycles. The van der Waals surface area contributed by atoms with Gasteiger partial charge in [0.25, 0.3) is 0 Å². The van der Waals surface area contributed by atoms with Gasteiger partial charge in [0.1, 0.15) is 34.9 Å². The number of halogens is 2. The molecule has 35 heavy (non-hydrogen) atoms. The first-order valence-electron chi connectivity index (χ1n) is 11.6. The van der Waals surface area contributed by atoms with Gasteiger partial charge in [-0.15, -0.1) is 0 Å². The summed E-state index contributed by atoms with van der Waals surface area (Å²) in [6, 6.07) is 18.2. The highest BCUT2D eigenvalue weighted by Gasteiger charge is 2.20. The minimum Gasteiger partial charge on any atom is -0.491 e. The number of pyridine rings is 2. The molecule has 1 aromatic carbocycles. The van der Waals surface area contributed by atoms with Crippen molar-refractivity contribution in [2.75, 3.05) is 39.5 Å². The molecule has 9 heteroatoms. The van der Waals surface area contributed by atoms with Gasteiger partial charge in [0.15, 0.2) is 0 Å². The fourth-order valence-electron chi connectivity index (χ4n) is 3.55. The number of aliphatic hydroxyl groups is 2. The van der Waals surface area contributed by atoms with Crippen LogP contribution in [-0.4, -0.2) is 64.5 Å². The molecule has 2 N–H and O–H groups in total. The molecule has 0 saturated heterocycles. The first-order chi connectivity index (χ1) is 16.9. The van der Waals surface area contributed by atoms with E-state index in [1.807, 2.05) is 36.1 Å². The highest BCUT2D eigenvalue weighted by atomic mass is 35.5. The van der Waals surface area contributed by atoms with E-state index in [1.165, 1.54) is 0 Å². The van der Waals surface area contributed by atoms with Gasteiger partial charge < -0.3 is 19.7 Å². The van der Waals surface area contributed by atoms with Crippen molar-refractivity contribution >= 4 is 23.2 Å². The Morgan fingerprint density at radius 1 is 0.829 bits per heavy atom. The Labute approximate surface area is 216 Å². The number of benzene rings is 1. The Balaban J connectivity index is 1.64.